The predicted octanol–water partition coefficient (Wildman–Crippen LogP) is 3.08. The Morgan fingerprint density at radius 2 is 2.17 bits per heavy atom. The largest absolute Gasteiger partial charge is 0.324 e. The molecular weight excluding hydrogens is 358 g/mol. The number of urea groups is 1. The lowest BCUT2D eigenvalue weighted by molar-refractivity contribution is 0.222. The zero-order valence-electron chi connectivity index (χ0n) is 12.7. The van der Waals surface area contributed by atoms with Crippen molar-refractivity contribution in [3.63, 3.8) is 0 Å². The van der Waals surface area contributed by atoms with E-state index < -0.39 is 0 Å². The van der Waals surface area contributed by atoms with Crippen LogP contribution < -0.4 is 5.32 Å². The van der Waals surface area contributed by atoms with Gasteiger partial charge in [-0.3, -0.25) is 5.10 Å². The fraction of sp³-hybridized carbons (Fsp3) is 0.438. The van der Waals surface area contributed by atoms with E-state index in [1.54, 1.807) is 0 Å². The number of nitrogens with one attached hydrogen (secondary N) is 2. The summed E-state index contributed by atoms with van der Waals surface area (Å²) < 4.78 is 0.956. The second-order valence-corrected chi connectivity index (χ2v) is 7.04. The number of aromatic nitrogens is 3. The number of H-pyrrole nitrogens is 1. The maximum absolute atomic E-state index is 12.5. The third-order valence-corrected chi connectivity index (χ3v) is 5.38. The quantitative estimate of drug-likeness (QED) is 0.846. The molecule has 1 aromatic heterocycles. The van der Waals surface area contributed by atoms with E-state index in [1.807, 2.05) is 4.90 Å². The SMILES string of the molecule is O=C(Nc1cc2c(cc1Br)CCC2)N1CCC(c2ncn[nH]2)C1. The van der Waals surface area contributed by atoms with Gasteiger partial charge in [-0.25, -0.2) is 9.78 Å². The van der Waals surface area contributed by atoms with Gasteiger partial charge in [-0.15, -0.1) is 0 Å². The van der Waals surface area contributed by atoms with Gasteiger partial charge in [0, 0.05) is 23.5 Å². The zero-order valence-corrected chi connectivity index (χ0v) is 14.3. The Kier molecular flexibility index (Phi) is 3.80. The minimum absolute atomic E-state index is 0.0503. The van der Waals surface area contributed by atoms with Crippen molar-refractivity contribution in [1.29, 1.82) is 0 Å². The van der Waals surface area contributed by atoms with E-state index in [-0.39, 0.29) is 11.9 Å². The summed E-state index contributed by atoms with van der Waals surface area (Å²) in [5.74, 6) is 1.10. The summed E-state index contributed by atoms with van der Waals surface area (Å²) in [7, 11) is 0. The molecule has 7 heteroatoms. The monoisotopic (exact) mass is 375 g/mol. The second-order valence-electron chi connectivity index (χ2n) is 6.19. The number of hydrogen-bond donors (Lipinski definition) is 2. The Balaban J connectivity index is 1.45. The number of amides is 2. The number of aromatic amines is 1. The van der Waals surface area contributed by atoms with E-state index in [9.17, 15) is 4.79 Å². The van der Waals surface area contributed by atoms with Gasteiger partial charge in [-0.05, 0) is 64.9 Å². The number of aryl methyl sites for hydroxylation is 2. The summed E-state index contributed by atoms with van der Waals surface area (Å²) in [6.07, 6.45) is 5.85. The molecule has 0 saturated carbocycles. The molecule has 1 aromatic carbocycles. The summed E-state index contributed by atoms with van der Waals surface area (Å²) >= 11 is 3.57. The number of carbonyl (C=O) groups is 1. The van der Waals surface area contributed by atoms with Crippen molar-refractivity contribution in [2.45, 2.75) is 31.6 Å². The van der Waals surface area contributed by atoms with Gasteiger partial charge in [0.25, 0.3) is 0 Å². The lowest BCUT2D eigenvalue weighted by atomic mass is 10.1. The van der Waals surface area contributed by atoms with Crippen LogP contribution in [0.5, 0.6) is 0 Å². The first-order valence-electron chi connectivity index (χ1n) is 7.93. The normalized spacial score (nSPS) is 19.9. The van der Waals surface area contributed by atoms with E-state index in [0.29, 0.717) is 6.54 Å². The van der Waals surface area contributed by atoms with Crippen molar-refractivity contribution >= 4 is 27.6 Å². The molecule has 2 aromatic rings. The number of rotatable bonds is 2. The average Bonchev–Trinajstić information content (AvgIpc) is 3.28. The van der Waals surface area contributed by atoms with Crippen molar-refractivity contribution in [3.05, 3.63) is 39.9 Å². The molecule has 1 atom stereocenters. The maximum atomic E-state index is 12.5. The number of halogens is 1. The first-order chi connectivity index (χ1) is 11.2. The number of hydrogen-bond acceptors (Lipinski definition) is 3. The van der Waals surface area contributed by atoms with Crippen molar-refractivity contribution in [2.75, 3.05) is 18.4 Å². The summed E-state index contributed by atoms with van der Waals surface area (Å²) in [6, 6.07) is 4.19. The van der Waals surface area contributed by atoms with Gasteiger partial charge in [0.15, 0.2) is 0 Å². The van der Waals surface area contributed by atoms with Gasteiger partial charge < -0.3 is 10.2 Å². The molecule has 2 aliphatic rings. The van der Waals surface area contributed by atoms with Gasteiger partial charge >= 0.3 is 6.03 Å². The summed E-state index contributed by atoms with van der Waals surface area (Å²) in [6.45, 7) is 1.41. The highest BCUT2D eigenvalue weighted by Crippen LogP contribution is 2.32. The molecule has 1 fully saturated rings. The third kappa shape index (κ3) is 2.85. The van der Waals surface area contributed by atoms with E-state index in [2.05, 4.69) is 48.6 Å². The molecule has 1 aliphatic carbocycles. The topological polar surface area (TPSA) is 73.9 Å². The van der Waals surface area contributed by atoms with Crippen molar-refractivity contribution < 1.29 is 4.79 Å². The van der Waals surface area contributed by atoms with Crippen LogP contribution in [0.1, 0.15) is 35.7 Å². The minimum atomic E-state index is -0.0503. The van der Waals surface area contributed by atoms with Crippen LogP contribution in [0.4, 0.5) is 10.5 Å². The van der Waals surface area contributed by atoms with E-state index in [0.717, 1.165) is 41.8 Å². The maximum Gasteiger partial charge on any atom is 0.321 e. The van der Waals surface area contributed by atoms with Crippen molar-refractivity contribution in [1.82, 2.24) is 20.1 Å². The number of anilines is 1. The molecule has 1 unspecified atom stereocenters. The molecule has 2 heterocycles. The lowest BCUT2D eigenvalue weighted by Gasteiger charge is -2.18. The van der Waals surface area contributed by atoms with Crippen LogP contribution >= 0.6 is 15.9 Å². The zero-order chi connectivity index (χ0) is 15.8. The molecular formula is C16H18BrN5O. The van der Waals surface area contributed by atoms with Crippen LogP contribution in [-0.2, 0) is 12.8 Å². The Hall–Kier alpha value is -1.89. The predicted molar refractivity (Wildman–Crippen MR) is 90.5 cm³/mol. The molecule has 2 N–H and O–H groups in total. The van der Waals surface area contributed by atoms with Crippen LogP contribution in [0, 0.1) is 0 Å². The molecule has 6 nitrogen and oxygen atoms in total. The Morgan fingerprint density at radius 1 is 1.35 bits per heavy atom. The second kappa shape index (κ2) is 5.96. The number of carbonyl (C=O) groups excluding carboxylic acids is 1. The van der Waals surface area contributed by atoms with Crippen molar-refractivity contribution in [2.24, 2.45) is 0 Å². The molecule has 0 spiro atoms. The van der Waals surface area contributed by atoms with Crippen LogP contribution in [0.25, 0.3) is 0 Å². The Labute approximate surface area is 142 Å². The van der Waals surface area contributed by atoms with Gasteiger partial charge in [0.1, 0.15) is 12.2 Å². The van der Waals surface area contributed by atoms with Gasteiger partial charge in [0.2, 0.25) is 0 Å². The third-order valence-electron chi connectivity index (χ3n) is 4.72. The first-order valence-corrected chi connectivity index (χ1v) is 8.72. The van der Waals surface area contributed by atoms with Crippen LogP contribution in [0.15, 0.2) is 22.9 Å². The molecule has 120 valence electrons. The van der Waals surface area contributed by atoms with Crippen molar-refractivity contribution in [3.8, 4) is 0 Å². The number of nitrogens with zero attached hydrogens (tertiary/aromatic N) is 3. The molecule has 0 radical (unpaired) electrons. The first kappa shape index (κ1) is 14.7. The molecule has 4 rings (SSSR count). The highest BCUT2D eigenvalue weighted by molar-refractivity contribution is 9.10. The molecule has 23 heavy (non-hydrogen) atoms. The highest BCUT2D eigenvalue weighted by Gasteiger charge is 2.29. The Morgan fingerprint density at radius 3 is 2.96 bits per heavy atom. The van der Waals surface area contributed by atoms with Crippen LogP contribution in [0.2, 0.25) is 0 Å². The number of likely N-dealkylation sites (tertiary alicyclic amines) is 1. The summed E-state index contributed by atoms with van der Waals surface area (Å²) in [5.41, 5.74) is 3.60. The molecule has 2 amide bonds. The number of fused-ring (bicyclic) bond motifs is 1. The smallest absolute Gasteiger partial charge is 0.321 e. The minimum Gasteiger partial charge on any atom is -0.324 e. The lowest BCUT2D eigenvalue weighted by Crippen LogP contribution is -2.33. The van der Waals surface area contributed by atoms with E-state index in [4.69, 9.17) is 0 Å². The number of benzene rings is 1. The Bertz CT molecular complexity index is 730. The average molecular weight is 376 g/mol. The van der Waals surface area contributed by atoms with Gasteiger partial charge in [-0.1, -0.05) is 0 Å². The van der Waals surface area contributed by atoms with Gasteiger partial charge in [0.05, 0.1) is 5.69 Å². The summed E-state index contributed by atoms with van der Waals surface area (Å²) in [5, 5.41) is 9.83. The fourth-order valence-corrected chi connectivity index (χ4v) is 3.95. The van der Waals surface area contributed by atoms with E-state index in [1.165, 1.54) is 23.9 Å². The van der Waals surface area contributed by atoms with Crippen LogP contribution in [0.3, 0.4) is 0 Å². The van der Waals surface area contributed by atoms with E-state index >= 15 is 0 Å². The standard InChI is InChI=1S/C16H18BrN5O/c17-13-6-10-2-1-3-11(10)7-14(13)20-16(23)22-5-4-12(8-22)15-18-9-19-21-15/h6-7,9,12H,1-5,8H2,(H,20,23)(H,18,19,21). The fourth-order valence-electron chi connectivity index (χ4n) is 3.46. The van der Waals surface area contributed by atoms with Gasteiger partial charge in [-0.2, -0.15) is 5.10 Å². The van der Waals surface area contributed by atoms with Crippen LogP contribution in [-0.4, -0.2) is 39.2 Å². The summed E-state index contributed by atoms with van der Waals surface area (Å²) in [4.78, 5) is 18.6. The highest BCUT2D eigenvalue weighted by atomic mass is 79.9. The molecule has 1 saturated heterocycles. The molecule has 0 bridgehead atoms. The molecule has 1 aliphatic heterocycles.